The average molecular weight is 316 g/mol. The summed E-state index contributed by atoms with van der Waals surface area (Å²) in [5, 5.41) is 3.09. The first kappa shape index (κ1) is 16.3. The lowest BCUT2D eigenvalue weighted by molar-refractivity contribution is -0.0255. The second-order valence-electron chi connectivity index (χ2n) is 6.97. The Morgan fingerprint density at radius 1 is 1.30 bits per heavy atom. The van der Waals surface area contributed by atoms with Gasteiger partial charge in [0, 0.05) is 32.2 Å². The Morgan fingerprint density at radius 3 is 2.87 bits per heavy atom. The monoisotopic (exact) mass is 316 g/mol. The van der Waals surface area contributed by atoms with Gasteiger partial charge in [-0.3, -0.25) is 0 Å². The van der Waals surface area contributed by atoms with Crippen molar-refractivity contribution in [2.75, 3.05) is 26.7 Å². The molecule has 1 N–H and O–H groups in total. The quantitative estimate of drug-likeness (QED) is 0.926. The van der Waals surface area contributed by atoms with Crippen molar-refractivity contribution in [2.45, 2.75) is 44.6 Å². The SMILES string of the molecule is CO[C@@H]1CCC[C@]12CCCN(C(=O)NCCc1ccccc1)C2. The Balaban J connectivity index is 1.51. The number of rotatable bonds is 4. The van der Waals surface area contributed by atoms with Crippen LogP contribution in [0.5, 0.6) is 0 Å². The third-order valence-corrected chi connectivity index (χ3v) is 5.54. The molecule has 4 nitrogen and oxygen atoms in total. The molecule has 0 radical (unpaired) electrons. The number of hydrogen-bond donors (Lipinski definition) is 1. The highest BCUT2D eigenvalue weighted by Crippen LogP contribution is 2.46. The number of likely N-dealkylation sites (tertiary alicyclic amines) is 1. The van der Waals surface area contributed by atoms with Gasteiger partial charge in [-0.2, -0.15) is 0 Å². The largest absolute Gasteiger partial charge is 0.381 e. The smallest absolute Gasteiger partial charge is 0.317 e. The van der Waals surface area contributed by atoms with Crippen LogP contribution in [0.1, 0.15) is 37.7 Å². The van der Waals surface area contributed by atoms with Gasteiger partial charge in [-0.1, -0.05) is 36.8 Å². The zero-order chi connectivity index (χ0) is 16.1. The lowest BCUT2D eigenvalue weighted by atomic mass is 9.76. The Labute approximate surface area is 139 Å². The van der Waals surface area contributed by atoms with E-state index in [1.54, 1.807) is 0 Å². The van der Waals surface area contributed by atoms with E-state index >= 15 is 0 Å². The zero-order valence-corrected chi connectivity index (χ0v) is 14.1. The predicted octanol–water partition coefficient (Wildman–Crippen LogP) is 3.22. The van der Waals surface area contributed by atoms with Gasteiger partial charge in [-0.15, -0.1) is 0 Å². The van der Waals surface area contributed by atoms with E-state index in [0.717, 1.165) is 32.4 Å². The second-order valence-corrected chi connectivity index (χ2v) is 6.97. The number of ether oxygens (including phenoxy) is 1. The molecule has 1 aromatic rings. The highest BCUT2D eigenvalue weighted by Gasteiger charge is 2.46. The minimum absolute atomic E-state index is 0.0850. The molecule has 23 heavy (non-hydrogen) atoms. The Kier molecular flexibility index (Phi) is 5.21. The van der Waals surface area contributed by atoms with Gasteiger partial charge < -0.3 is 15.0 Å². The number of benzene rings is 1. The van der Waals surface area contributed by atoms with Gasteiger partial charge in [0.1, 0.15) is 0 Å². The summed E-state index contributed by atoms with van der Waals surface area (Å²) in [5.41, 5.74) is 1.46. The normalized spacial score (nSPS) is 27.3. The molecule has 1 aromatic carbocycles. The van der Waals surface area contributed by atoms with Crippen LogP contribution in [0.4, 0.5) is 4.79 Å². The van der Waals surface area contributed by atoms with Gasteiger partial charge in [0.05, 0.1) is 6.10 Å². The maximum atomic E-state index is 12.5. The number of amides is 2. The van der Waals surface area contributed by atoms with Crippen molar-refractivity contribution < 1.29 is 9.53 Å². The molecule has 3 rings (SSSR count). The first-order valence-corrected chi connectivity index (χ1v) is 8.83. The van der Waals surface area contributed by atoms with Gasteiger partial charge in [0.25, 0.3) is 0 Å². The third kappa shape index (κ3) is 3.69. The molecule has 1 saturated carbocycles. The van der Waals surface area contributed by atoms with Crippen molar-refractivity contribution in [1.29, 1.82) is 0 Å². The fraction of sp³-hybridized carbons (Fsp3) is 0.632. The lowest BCUT2D eigenvalue weighted by Gasteiger charge is -2.43. The van der Waals surface area contributed by atoms with Gasteiger partial charge in [-0.05, 0) is 37.7 Å². The van der Waals surface area contributed by atoms with Crippen LogP contribution in [0, 0.1) is 5.41 Å². The van der Waals surface area contributed by atoms with E-state index in [0.29, 0.717) is 12.6 Å². The topological polar surface area (TPSA) is 41.6 Å². The van der Waals surface area contributed by atoms with Crippen LogP contribution in [-0.2, 0) is 11.2 Å². The number of urea groups is 1. The van der Waals surface area contributed by atoms with Crippen molar-refractivity contribution >= 4 is 6.03 Å². The molecule has 2 fully saturated rings. The molecule has 2 atom stereocenters. The number of hydrogen-bond acceptors (Lipinski definition) is 2. The minimum atomic E-state index is 0.0850. The summed E-state index contributed by atoms with van der Waals surface area (Å²) in [6.07, 6.45) is 7.04. The Bertz CT molecular complexity index is 519. The summed E-state index contributed by atoms with van der Waals surface area (Å²) in [5.74, 6) is 0. The van der Waals surface area contributed by atoms with E-state index in [2.05, 4.69) is 17.4 Å². The minimum Gasteiger partial charge on any atom is -0.381 e. The summed E-state index contributed by atoms with van der Waals surface area (Å²) in [6, 6.07) is 10.4. The summed E-state index contributed by atoms with van der Waals surface area (Å²) in [6.45, 7) is 2.41. The lowest BCUT2D eigenvalue weighted by Crippen LogP contribution is -2.52. The Hall–Kier alpha value is -1.55. The highest BCUT2D eigenvalue weighted by atomic mass is 16.5. The van der Waals surface area contributed by atoms with E-state index in [4.69, 9.17) is 4.74 Å². The first-order valence-electron chi connectivity index (χ1n) is 8.83. The fourth-order valence-corrected chi connectivity index (χ4v) is 4.35. The van der Waals surface area contributed by atoms with E-state index in [1.807, 2.05) is 30.2 Å². The number of nitrogens with zero attached hydrogens (tertiary/aromatic N) is 1. The van der Waals surface area contributed by atoms with E-state index in [1.165, 1.54) is 24.8 Å². The number of methoxy groups -OCH3 is 1. The molecule has 4 heteroatoms. The van der Waals surface area contributed by atoms with Crippen LogP contribution in [-0.4, -0.2) is 43.8 Å². The zero-order valence-electron chi connectivity index (χ0n) is 14.1. The number of nitrogens with one attached hydrogen (secondary N) is 1. The summed E-state index contributed by atoms with van der Waals surface area (Å²) in [4.78, 5) is 14.5. The average Bonchev–Trinajstić information content (AvgIpc) is 2.97. The van der Waals surface area contributed by atoms with Crippen LogP contribution < -0.4 is 5.32 Å². The second kappa shape index (κ2) is 7.35. The number of carbonyl (C=O) groups is 1. The van der Waals surface area contributed by atoms with Crippen LogP contribution in [0.3, 0.4) is 0 Å². The molecular formula is C19H28N2O2. The molecule has 1 saturated heterocycles. The maximum Gasteiger partial charge on any atom is 0.317 e. The summed E-state index contributed by atoms with van der Waals surface area (Å²) >= 11 is 0. The molecule has 1 aliphatic heterocycles. The number of carbonyl (C=O) groups excluding carboxylic acids is 1. The van der Waals surface area contributed by atoms with E-state index in [-0.39, 0.29) is 11.4 Å². The van der Waals surface area contributed by atoms with Gasteiger partial charge in [-0.25, -0.2) is 4.79 Å². The standard InChI is InChI=1S/C19H28N2O2/c1-23-17-9-5-11-19(17)12-6-14-21(15-19)18(22)20-13-10-16-7-3-2-4-8-16/h2-4,7-8,17H,5-6,9-15H2,1H3,(H,20,22)/t17-,19-/m1/s1. The van der Waals surface area contributed by atoms with Crippen LogP contribution in [0.2, 0.25) is 0 Å². The Morgan fingerprint density at radius 2 is 2.09 bits per heavy atom. The number of piperidine rings is 1. The van der Waals surface area contributed by atoms with Crippen LogP contribution in [0.15, 0.2) is 30.3 Å². The molecule has 0 bridgehead atoms. The van der Waals surface area contributed by atoms with E-state index < -0.39 is 0 Å². The molecular weight excluding hydrogens is 288 g/mol. The molecule has 0 unspecified atom stereocenters. The predicted molar refractivity (Wildman–Crippen MR) is 91.4 cm³/mol. The van der Waals surface area contributed by atoms with Gasteiger partial charge >= 0.3 is 6.03 Å². The van der Waals surface area contributed by atoms with Crippen molar-refractivity contribution in [3.63, 3.8) is 0 Å². The molecule has 2 amide bonds. The van der Waals surface area contributed by atoms with Crippen molar-refractivity contribution in [1.82, 2.24) is 10.2 Å². The molecule has 1 spiro atoms. The van der Waals surface area contributed by atoms with E-state index in [9.17, 15) is 4.79 Å². The molecule has 0 aromatic heterocycles. The fourth-order valence-electron chi connectivity index (χ4n) is 4.35. The summed E-state index contributed by atoms with van der Waals surface area (Å²) < 4.78 is 5.71. The van der Waals surface area contributed by atoms with Crippen LogP contribution in [0.25, 0.3) is 0 Å². The molecule has 2 aliphatic rings. The van der Waals surface area contributed by atoms with Crippen LogP contribution >= 0.6 is 0 Å². The first-order chi connectivity index (χ1) is 11.2. The van der Waals surface area contributed by atoms with Crippen molar-refractivity contribution in [2.24, 2.45) is 5.41 Å². The highest BCUT2D eigenvalue weighted by molar-refractivity contribution is 5.74. The maximum absolute atomic E-state index is 12.5. The molecule has 1 aliphatic carbocycles. The van der Waals surface area contributed by atoms with Crippen molar-refractivity contribution in [3.05, 3.63) is 35.9 Å². The van der Waals surface area contributed by atoms with Gasteiger partial charge in [0.2, 0.25) is 0 Å². The third-order valence-electron chi connectivity index (χ3n) is 5.54. The molecule has 1 heterocycles. The summed E-state index contributed by atoms with van der Waals surface area (Å²) in [7, 11) is 1.82. The van der Waals surface area contributed by atoms with Gasteiger partial charge in [0.15, 0.2) is 0 Å². The van der Waals surface area contributed by atoms with Crippen molar-refractivity contribution in [3.8, 4) is 0 Å². The molecule has 126 valence electrons.